The highest BCUT2D eigenvalue weighted by Gasteiger charge is 2.40. The quantitative estimate of drug-likeness (QED) is 0.702. The van der Waals surface area contributed by atoms with Gasteiger partial charge in [0.2, 0.25) is 5.91 Å². The molecule has 0 radical (unpaired) electrons. The second-order valence-corrected chi connectivity index (χ2v) is 10.3. The highest BCUT2D eigenvalue weighted by molar-refractivity contribution is 6.04. The van der Waals surface area contributed by atoms with Crippen LogP contribution in [0.3, 0.4) is 0 Å². The van der Waals surface area contributed by atoms with Crippen molar-refractivity contribution in [2.24, 2.45) is 11.8 Å². The van der Waals surface area contributed by atoms with E-state index in [4.69, 9.17) is 9.40 Å². The molecule has 34 heavy (non-hydrogen) atoms. The summed E-state index contributed by atoms with van der Waals surface area (Å²) >= 11 is 0. The Labute approximate surface area is 201 Å². The number of carbonyl (C=O) groups excluding carboxylic acids is 2. The minimum Gasteiger partial charge on any atom is -0.423 e. The Kier molecular flexibility index (Phi) is 6.51. The van der Waals surface area contributed by atoms with Gasteiger partial charge in [0.1, 0.15) is 5.52 Å². The molecule has 184 valence electrons. The summed E-state index contributed by atoms with van der Waals surface area (Å²) in [7, 11) is 2.07. The third kappa shape index (κ3) is 4.28. The van der Waals surface area contributed by atoms with Crippen molar-refractivity contribution >= 4 is 28.9 Å². The summed E-state index contributed by atoms with van der Waals surface area (Å²) in [5.74, 6) is 1.38. The summed E-state index contributed by atoms with van der Waals surface area (Å²) < 4.78 is 6.09. The molecule has 2 heterocycles. The van der Waals surface area contributed by atoms with Crippen molar-refractivity contribution in [3.63, 3.8) is 0 Å². The predicted octanol–water partition coefficient (Wildman–Crippen LogP) is 3.17. The fourth-order valence-corrected chi connectivity index (χ4v) is 6.53. The van der Waals surface area contributed by atoms with E-state index in [0.29, 0.717) is 66.6 Å². The molecular weight excluding hydrogens is 430 g/mol. The minimum absolute atomic E-state index is 0.0668. The SMILES string of the molecule is CCC(=O)N1CCN(c2nc3c(C(=O)NC4CC5CCCC(C4)C5NC)cccc3o2)[C@@H](C)C1. The maximum Gasteiger partial charge on any atom is 0.298 e. The number of hydrogen-bond donors (Lipinski definition) is 2. The molecule has 8 nitrogen and oxygen atoms in total. The molecule has 0 spiro atoms. The number of para-hydroxylation sites is 1. The summed E-state index contributed by atoms with van der Waals surface area (Å²) in [5.41, 5.74) is 1.80. The summed E-state index contributed by atoms with van der Waals surface area (Å²) in [5, 5.41) is 6.84. The van der Waals surface area contributed by atoms with Crippen LogP contribution in [0.15, 0.2) is 22.6 Å². The lowest BCUT2D eigenvalue weighted by Crippen LogP contribution is -2.53. The normalized spacial score (nSPS) is 29.3. The molecule has 1 aromatic carbocycles. The minimum atomic E-state index is -0.0668. The molecule has 8 heteroatoms. The number of nitrogens with one attached hydrogen (secondary N) is 2. The van der Waals surface area contributed by atoms with E-state index in [0.717, 1.165) is 12.8 Å². The van der Waals surface area contributed by atoms with Crippen molar-refractivity contribution in [2.75, 3.05) is 31.6 Å². The number of aromatic nitrogens is 1. The summed E-state index contributed by atoms with van der Waals surface area (Å²) in [6, 6.07) is 6.97. The smallest absolute Gasteiger partial charge is 0.298 e. The number of benzene rings is 1. The van der Waals surface area contributed by atoms with Crippen LogP contribution in [-0.2, 0) is 4.79 Å². The van der Waals surface area contributed by atoms with Gasteiger partial charge in [-0.3, -0.25) is 9.59 Å². The number of carbonyl (C=O) groups is 2. The zero-order valence-corrected chi connectivity index (χ0v) is 20.5. The molecule has 2 unspecified atom stereocenters. The number of nitrogens with zero attached hydrogens (tertiary/aromatic N) is 3. The molecule has 1 saturated heterocycles. The Hall–Kier alpha value is -2.61. The van der Waals surface area contributed by atoms with Crippen LogP contribution in [-0.4, -0.2) is 66.5 Å². The second-order valence-electron chi connectivity index (χ2n) is 10.3. The lowest BCUT2D eigenvalue weighted by Gasteiger charge is -2.45. The van der Waals surface area contributed by atoms with Crippen LogP contribution in [0.2, 0.25) is 0 Å². The standard InChI is InChI=1S/C26H37N5O3/c1-4-22(32)30-11-12-31(16(2)15-30)26-29-24-20(9-6-10-21(24)34-26)25(33)28-19-13-17-7-5-8-18(14-19)23(17)27-3/h6,9-10,16-19,23,27H,4-5,7-8,11-15H2,1-3H3,(H,28,33)/t16-,17?,18?,19?,23?/m0/s1. The summed E-state index contributed by atoms with van der Waals surface area (Å²) in [4.78, 5) is 34.2. The van der Waals surface area contributed by atoms with Crippen LogP contribution in [0.5, 0.6) is 0 Å². The van der Waals surface area contributed by atoms with Gasteiger partial charge in [0, 0.05) is 44.2 Å². The summed E-state index contributed by atoms with van der Waals surface area (Å²) in [6.07, 6.45) is 6.37. The lowest BCUT2D eigenvalue weighted by molar-refractivity contribution is -0.131. The number of oxazole rings is 1. The Bertz CT molecular complexity index is 1040. The van der Waals surface area contributed by atoms with Gasteiger partial charge < -0.3 is 24.9 Å². The molecule has 2 N–H and O–H groups in total. The molecule has 2 saturated carbocycles. The zero-order valence-electron chi connectivity index (χ0n) is 20.5. The Morgan fingerprint density at radius 2 is 1.94 bits per heavy atom. The van der Waals surface area contributed by atoms with Gasteiger partial charge in [0.05, 0.1) is 5.56 Å². The maximum absolute atomic E-state index is 13.3. The molecule has 5 rings (SSSR count). The van der Waals surface area contributed by atoms with E-state index in [1.165, 1.54) is 19.3 Å². The fourth-order valence-electron chi connectivity index (χ4n) is 6.53. The van der Waals surface area contributed by atoms with Crippen LogP contribution in [0.25, 0.3) is 11.1 Å². The average molecular weight is 468 g/mol. The Balaban J connectivity index is 1.31. The number of amides is 2. The maximum atomic E-state index is 13.3. The second kappa shape index (κ2) is 9.56. The van der Waals surface area contributed by atoms with E-state index in [2.05, 4.69) is 29.5 Å². The third-order valence-corrected chi connectivity index (χ3v) is 8.19. The highest BCUT2D eigenvalue weighted by Crippen LogP contribution is 2.40. The van der Waals surface area contributed by atoms with Crippen LogP contribution in [0, 0.1) is 11.8 Å². The molecule has 2 amide bonds. The number of fused-ring (bicyclic) bond motifs is 3. The molecular formula is C26H37N5O3. The average Bonchev–Trinajstić information content (AvgIpc) is 3.26. The zero-order chi connectivity index (χ0) is 23.8. The van der Waals surface area contributed by atoms with Gasteiger partial charge >= 0.3 is 0 Å². The monoisotopic (exact) mass is 467 g/mol. The third-order valence-electron chi connectivity index (χ3n) is 8.19. The van der Waals surface area contributed by atoms with E-state index >= 15 is 0 Å². The van der Waals surface area contributed by atoms with Crippen molar-refractivity contribution in [2.45, 2.75) is 70.5 Å². The predicted molar refractivity (Wildman–Crippen MR) is 132 cm³/mol. The van der Waals surface area contributed by atoms with Gasteiger partial charge in [-0.2, -0.15) is 4.98 Å². The molecule has 2 aliphatic carbocycles. The number of anilines is 1. The molecule has 1 aromatic heterocycles. The molecule has 2 aromatic rings. The first-order chi connectivity index (χ1) is 16.5. The molecule has 3 atom stereocenters. The number of piperazine rings is 1. The van der Waals surface area contributed by atoms with Crippen molar-refractivity contribution in [3.8, 4) is 0 Å². The number of rotatable bonds is 5. The molecule has 3 fully saturated rings. The molecule has 3 aliphatic rings. The molecule has 2 bridgehead atoms. The Morgan fingerprint density at radius 3 is 2.62 bits per heavy atom. The lowest BCUT2D eigenvalue weighted by atomic mass is 9.67. The fraction of sp³-hybridized carbons (Fsp3) is 0.654. The summed E-state index contributed by atoms with van der Waals surface area (Å²) in [6.45, 7) is 5.94. The first-order valence-corrected chi connectivity index (χ1v) is 12.9. The van der Waals surface area contributed by atoms with E-state index in [1.807, 2.05) is 30.0 Å². The first kappa shape index (κ1) is 23.1. The van der Waals surface area contributed by atoms with E-state index in [-0.39, 0.29) is 23.9 Å². The van der Waals surface area contributed by atoms with Crippen molar-refractivity contribution in [3.05, 3.63) is 23.8 Å². The van der Waals surface area contributed by atoms with Crippen molar-refractivity contribution in [1.29, 1.82) is 0 Å². The van der Waals surface area contributed by atoms with E-state index in [9.17, 15) is 9.59 Å². The van der Waals surface area contributed by atoms with Crippen molar-refractivity contribution in [1.82, 2.24) is 20.5 Å². The van der Waals surface area contributed by atoms with Crippen LogP contribution in [0.4, 0.5) is 6.01 Å². The van der Waals surface area contributed by atoms with Gasteiger partial charge in [-0.25, -0.2) is 0 Å². The van der Waals surface area contributed by atoms with Gasteiger partial charge in [-0.1, -0.05) is 19.4 Å². The largest absolute Gasteiger partial charge is 0.423 e. The van der Waals surface area contributed by atoms with Crippen LogP contribution < -0.4 is 15.5 Å². The Morgan fingerprint density at radius 1 is 1.18 bits per heavy atom. The van der Waals surface area contributed by atoms with Crippen LogP contribution in [0.1, 0.15) is 62.7 Å². The van der Waals surface area contributed by atoms with Gasteiger partial charge in [-0.15, -0.1) is 0 Å². The van der Waals surface area contributed by atoms with Crippen molar-refractivity contribution < 1.29 is 14.0 Å². The highest BCUT2D eigenvalue weighted by atomic mass is 16.4. The number of hydrogen-bond acceptors (Lipinski definition) is 6. The topological polar surface area (TPSA) is 90.7 Å². The van der Waals surface area contributed by atoms with Gasteiger partial charge in [0.15, 0.2) is 5.58 Å². The first-order valence-electron chi connectivity index (χ1n) is 12.9. The van der Waals surface area contributed by atoms with Crippen LogP contribution >= 0.6 is 0 Å². The molecule has 1 aliphatic heterocycles. The van der Waals surface area contributed by atoms with Gasteiger partial charge in [0.25, 0.3) is 11.9 Å². The van der Waals surface area contributed by atoms with Gasteiger partial charge in [-0.05, 0) is 63.6 Å². The van der Waals surface area contributed by atoms with E-state index in [1.54, 1.807) is 0 Å². The van der Waals surface area contributed by atoms with E-state index < -0.39 is 0 Å².